The molecule has 2 aromatic heterocycles. The van der Waals surface area contributed by atoms with Crippen LogP contribution in [-0.2, 0) is 7.05 Å². The van der Waals surface area contributed by atoms with Crippen LogP contribution in [0.4, 0.5) is 5.69 Å². The lowest BCUT2D eigenvalue weighted by Gasteiger charge is -2.07. The van der Waals surface area contributed by atoms with Crippen molar-refractivity contribution < 1.29 is 9.66 Å². The average molecular weight is 334 g/mol. The van der Waals surface area contributed by atoms with Crippen LogP contribution in [0.2, 0.25) is 0 Å². The number of para-hydroxylation sites is 1. The lowest BCUT2D eigenvalue weighted by molar-refractivity contribution is -0.384. The molecule has 4 rings (SSSR count). The first kappa shape index (κ1) is 15.1. The number of nitrogens with zero attached hydrogens (tertiary/aromatic N) is 4. The highest BCUT2D eigenvalue weighted by molar-refractivity contribution is 5.87. The number of hydrogen-bond donors (Lipinski definition) is 0. The van der Waals surface area contributed by atoms with Gasteiger partial charge in [-0.05, 0) is 18.2 Å². The molecule has 0 bridgehead atoms. The molecule has 0 saturated carbocycles. The summed E-state index contributed by atoms with van der Waals surface area (Å²) in [5.74, 6) is 1.33. The lowest BCUT2D eigenvalue weighted by atomic mass is 10.2. The standard InChI is InChI=1S/C18H14N4O3/c1-21-15-9-7-12(22(23)24)10-14(15)20-18(21)13-8-6-11-4-3-5-16(25-2)17(11)19-13/h3-10H,1-2H3. The normalized spacial score (nSPS) is 11.1. The predicted octanol–water partition coefficient (Wildman–Crippen LogP) is 3.71. The van der Waals surface area contributed by atoms with Crippen LogP contribution in [0.15, 0.2) is 48.5 Å². The van der Waals surface area contributed by atoms with Gasteiger partial charge in [-0.2, -0.15) is 0 Å². The van der Waals surface area contributed by atoms with Gasteiger partial charge in [0.2, 0.25) is 0 Å². The zero-order chi connectivity index (χ0) is 17.6. The van der Waals surface area contributed by atoms with E-state index in [9.17, 15) is 10.1 Å². The number of pyridine rings is 1. The van der Waals surface area contributed by atoms with Crippen molar-refractivity contribution in [3.05, 3.63) is 58.6 Å². The van der Waals surface area contributed by atoms with E-state index in [0.29, 0.717) is 22.8 Å². The Hall–Kier alpha value is -3.48. The van der Waals surface area contributed by atoms with Gasteiger partial charge in [-0.25, -0.2) is 9.97 Å². The van der Waals surface area contributed by atoms with E-state index in [1.165, 1.54) is 12.1 Å². The summed E-state index contributed by atoms with van der Waals surface area (Å²) in [5, 5.41) is 11.9. The molecule has 4 aromatic rings. The minimum absolute atomic E-state index is 0.0188. The van der Waals surface area contributed by atoms with Gasteiger partial charge in [0.1, 0.15) is 17.0 Å². The molecule has 7 heteroatoms. The van der Waals surface area contributed by atoms with Gasteiger partial charge in [0, 0.05) is 24.6 Å². The number of aromatic nitrogens is 3. The van der Waals surface area contributed by atoms with Crippen LogP contribution >= 0.6 is 0 Å². The molecule has 0 saturated heterocycles. The van der Waals surface area contributed by atoms with E-state index in [1.807, 2.05) is 41.9 Å². The van der Waals surface area contributed by atoms with E-state index in [-0.39, 0.29) is 5.69 Å². The van der Waals surface area contributed by atoms with Gasteiger partial charge < -0.3 is 9.30 Å². The van der Waals surface area contributed by atoms with Gasteiger partial charge in [0.25, 0.3) is 5.69 Å². The third-order valence-corrected chi connectivity index (χ3v) is 4.21. The molecule has 0 spiro atoms. The molecule has 0 fully saturated rings. The Balaban J connectivity index is 1.93. The fourth-order valence-electron chi connectivity index (χ4n) is 2.94. The zero-order valence-electron chi connectivity index (χ0n) is 13.6. The van der Waals surface area contributed by atoms with Gasteiger partial charge >= 0.3 is 0 Å². The van der Waals surface area contributed by atoms with Crippen molar-refractivity contribution in [1.29, 1.82) is 0 Å². The van der Waals surface area contributed by atoms with E-state index < -0.39 is 4.92 Å². The van der Waals surface area contributed by atoms with Crippen molar-refractivity contribution >= 4 is 27.6 Å². The number of nitro benzene ring substituents is 1. The summed E-state index contributed by atoms with van der Waals surface area (Å²) in [6, 6.07) is 14.2. The number of fused-ring (bicyclic) bond motifs is 2. The Kier molecular flexibility index (Phi) is 3.35. The fourth-order valence-corrected chi connectivity index (χ4v) is 2.94. The lowest BCUT2D eigenvalue weighted by Crippen LogP contribution is -1.96. The van der Waals surface area contributed by atoms with Gasteiger partial charge in [0.05, 0.1) is 23.1 Å². The highest BCUT2D eigenvalue weighted by Gasteiger charge is 2.15. The predicted molar refractivity (Wildman–Crippen MR) is 94.7 cm³/mol. The van der Waals surface area contributed by atoms with Crippen molar-refractivity contribution in [2.24, 2.45) is 7.05 Å². The second-order valence-electron chi connectivity index (χ2n) is 5.65. The quantitative estimate of drug-likeness (QED) is 0.421. The van der Waals surface area contributed by atoms with Crippen molar-refractivity contribution in [2.45, 2.75) is 0 Å². The van der Waals surface area contributed by atoms with E-state index in [1.54, 1.807) is 13.2 Å². The Labute approximate surface area is 142 Å². The number of hydrogen-bond acceptors (Lipinski definition) is 5. The van der Waals surface area contributed by atoms with Crippen LogP contribution in [0, 0.1) is 10.1 Å². The second-order valence-corrected chi connectivity index (χ2v) is 5.65. The molecule has 0 amide bonds. The second kappa shape index (κ2) is 5.55. The van der Waals surface area contributed by atoms with Gasteiger partial charge in [-0.1, -0.05) is 18.2 Å². The van der Waals surface area contributed by atoms with Gasteiger partial charge in [-0.3, -0.25) is 10.1 Å². The minimum atomic E-state index is -0.424. The number of benzene rings is 2. The Bertz CT molecular complexity index is 1130. The maximum Gasteiger partial charge on any atom is 0.271 e. The number of methoxy groups -OCH3 is 1. The van der Waals surface area contributed by atoms with Gasteiger partial charge in [-0.15, -0.1) is 0 Å². The van der Waals surface area contributed by atoms with Crippen molar-refractivity contribution in [1.82, 2.24) is 14.5 Å². The summed E-state index contributed by atoms with van der Waals surface area (Å²) >= 11 is 0. The SMILES string of the molecule is COc1cccc2ccc(-c3nc4cc([N+](=O)[O-])ccc4n3C)nc12. The van der Waals surface area contributed by atoms with Crippen molar-refractivity contribution in [2.75, 3.05) is 7.11 Å². The van der Waals surface area contributed by atoms with Gasteiger partial charge in [0.15, 0.2) is 5.82 Å². The number of non-ortho nitro benzene ring substituents is 1. The molecule has 2 heterocycles. The fraction of sp³-hybridized carbons (Fsp3) is 0.111. The summed E-state index contributed by atoms with van der Waals surface area (Å²) in [7, 11) is 3.47. The van der Waals surface area contributed by atoms with E-state index in [4.69, 9.17) is 4.74 Å². The zero-order valence-corrected chi connectivity index (χ0v) is 13.6. The van der Waals surface area contributed by atoms with Crippen LogP contribution in [0.25, 0.3) is 33.5 Å². The molecule has 2 aromatic carbocycles. The topological polar surface area (TPSA) is 83.1 Å². The smallest absolute Gasteiger partial charge is 0.271 e. The largest absolute Gasteiger partial charge is 0.494 e. The van der Waals surface area contributed by atoms with Crippen LogP contribution in [0.3, 0.4) is 0 Å². The molecular formula is C18H14N4O3. The summed E-state index contributed by atoms with van der Waals surface area (Å²) < 4.78 is 7.26. The van der Waals surface area contributed by atoms with Crippen LogP contribution in [0.5, 0.6) is 5.75 Å². The number of ether oxygens (including phenoxy) is 1. The Morgan fingerprint density at radius 1 is 1.12 bits per heavy atom. The summed E-state index contributed by atoms with van der Waals surface area (Å²) in [6.07, 6.45) is 0. The molecule has 0 aliphatic rings. The molecule has 0 aliphatic carbocycles. The first-order valence-corrected chi connectivity index (χ1v) is 7.63. The number of nitro groups is 1. The third kappa shape index (κ3) is 2.37. The van der Waals surface area contributed by atoms with E-state index >= 15 is 0 Å². The molecular weight excluding hydrogens is 320 g/mol. The van der Waals surface area contributed by atoms with Crippen LogP contribution in [0.1, 0.15) is 0 Å². The maximum absolute atomic E-state index is 11.0. The third-order valence-electron chi connectivity index (χ3n) is 4.21. The number of aryl methyl sites for hydroxylation is 1. The highest BCUT2D eigenvalue weighted by Crippen LogP contribution is 2.29. The molecule has 7 nitrogen and oxygen atoms in total. The van der Waals surface area contributed by atoms with Crippen LogP contribution in [-0.4, -0.2) is 26.6 Å². The molecule has 25 heavy (non-hydrogen) atoms. The first-order chi connectivity index (χ1) is 12.1. The summed E-state index contributed by atoms with van der Waals surface area (Å²) in [5.41, 5.74) is 2.82. The summed E-state index contributed by atoms with van der Waals surface area (Å²) in [6.45, 7) is 0. The summed E-state index contributed by atoms with van der Waals surface area (Å²) in [4.78, 5) is 19.8. The first-order valence-electron chi connectivity index (χ1n) is 7.63. The van der Waals surface area contributed by atoms with Crippen LogP contribution < -0.4 is 4.74 Å². The van der Waals surface area contributed by atoms with E-state index in [0.717, 1.165) is 16.4 Å². The average Bonchev–Trinajstić information content (AvgIpc) is 2.97. The Morgan fingerprint density at radius 3 is 2.72 bits per heavy atom. The molecule has 0 unspecified atom stereocenters. The molecule has 0 atom stereocenters. The maximum atomic E-state index is 11.0. The highest BCUT2D eigenvalue weighted by atomic mass is 16.6. The minimum Gasteiger partial charge on any atom is -0.494 e. The number of rotatable bonds is 3. The van der Waals surface area contributed by atoms with E-state index in [2.05, 4.69) is 9.97 Å². The van der Waals surface area contributed by atoms with Crippen molar-refractivity contribution in [3.8, 4) is 17.3 Å². The molecule has 0 N–H and O–H groups in total. The monoisotopic (exact) mass is 334 g/mol. The molecule has 0 radical (unpaired) electrons. The number of imidazole rings is 1. The van der Waals surface area contributed by atoms with Crippen molar-refractivity contribution in [3.63, 3.8) is 0 Å². The molecule has 0 aliphatic heterocycles. The Morgan fingerprint density at radius 2 is 1.96 bits per heavy atom. The molecule has 124 valence electrons.